The highest BCUT2D eigenvalue weighted by Crippen LogP contribution is 2.31. The van der Waals surface area contributed by atoms with Gasteiger partial charge in [-0.1, -0.05) is 0 Å². The van der Waals surface area contributed by atoms with Crippen LogP contribution in [0.4, 0.5) is 5.69 Å². The summed E-state index contributed by atoms with van der Waals surface area (Å²) in [7, 11) is -3.58. The van der Waals surface area contributed by atoms with Gasteiger partial charge in [-0.3, -0.25) is 0 Å². The van der Waals surface area contributed by atoms with Crippen molar-refractivity contribution >= 4 is 31.6 Å². The first kappa shape index (κ1) is 16.7. The second kappa shape index (κ2) is 5.53. The summed E-state index contributed by atoms with van der Waals surface area (Å²) in [5.41, 5.74) is 6.43. The van der Waals surface area contributed by atoms with Gasteiger partial charge in [0.1, 0.15) is 0 Å². The fraction of sp³-hybridized carbons (Fsp3) is 0.571. The van der Waals surface area contributed by atoms with E-state index >= 15 is 0 Å². The summed E-state index contributed by atoms with van der Waals surface area (Å²) in [6.45, 7) is 8.12. The Hall–Kier alpha value is -0.630. The standard InChI is InChI=1S/C14H21BrN2O3S/c1-9-5-11(15)12(16)6-13(9)21(18,19)17-7-10(2)20-14(3,4)8-17/h5-6,10H,7-8,16H2,1-4H3. The highest BCUT2D eigenvalue weighted by Gasteiger charge is 2.38. The number of anilines is 1. The topological polar surface area (TPSA) is 72.6 Å². The van der Waals surface area contributed by atoms with Gasteiger partial charge in [0, 0.05) is 23.2 Å². The van der Waals surface area contributed by atoms with Crippen molar-refractivity contribution in [3.8, 4) is 0 Å². The smallest absolute Gasteiger partial charge is 0.243 e. The number of halogens is 1. The van der Waals surface area contributed by atoms with Crippen LogP contribution >= 0.6 is 15.9 Å². The Morgan fingerprint density at radius 2 is 2.05 bits per heavy atom. The Morgan fingerprint density at radius 3 is 2.62 bits per heavy atom. The molecule has 21 heavy (non-hydrogen) atoms. The van der Waals surface area contributed by atoms with Crippen molar-refractivity contribution < 1.29 is 13.2 Å². The maximum atomic E-state index is 12.9. The minimum Gasteiger partial charge on any atom is -0.398 e. The summed E-state index contributed by atoms with van der Waals surface area (Å²) in [4.78, 5) is 0.258. The van der Waals surface area contributed by atoms with Gasteiger partial charge in [0.2, 0.25) is 10.0 Å². The number of rotatable bonds is 2. The summed E-state index contributed by atoms with van der Waals surface area (Å²) < 4.78 is 33.8. The molecular weight excluding hydrogens is 356 g/mol. The SMILES string of the molecule is Cc1cc(Br)c(N)cc1S(=O)(=O)N1CC(C)OC(C)(C)C1. The maximum Gasteiger partial charge on any atom is 0.243 e. The molecule has 0 saturated carbocycles. The first-order valence-electron chi connectivity index (χ1n) is 6.76. The Balaban J connectivity index is 2.45. The fourth-order valence-corrected chi connectivity index (χ4v) is 5.03. The summed E-state index contributed by atoms with van der Waals surface area (Å²) in [5.74, 6) is 0. The third kappa shape index (κ3) is 3.41. The van der Waals surface area contributed by atoms with Crippen LogP contribution in [0.2, 0.25) is 0 Å². The molecular formula is C14H21BrN2O3S. The van der Waals surface area contributed by atoms with Gasteiger partial charge < -0.3 is 10.5 Å². The van der Waals surface area contributed by atoms with Crippen LogP contribution in [0.5, 0.6) is 0 Å². The molecule has 0 aliphatic carbocycles. The summed E-state index contributed by atoms with van der Waals surface area (Å²) in [5, 5.41) is 0. The molecule has 0 aromatic heterocycles. The first-order valence-corrected chi connectivity index (χ1v) is 9.00. The van der Waals surface area contributed by atoms with Crippen molar-refractivity contribution in [2.75, 3.05) is 18.8 Å². The fourth-order valence-electron chi connectivity index (χ4n) is 2.66. The molecule has 118 valence electrons. The molecule has 7 heteroatoms. The van der Waals surface area contributed by atoms with Crippen molar-refractivity contribution in [3.63, 3.8) is 0 Å². The number of hydrogen-bond acceptors (Lipinski definition) is 4. The second-order valence-corrected chi connectivity index (χ2v) is 8.89. The lowest BCUT2D eigenvalue weighted by atomic mass is 10.1. The predicted molar refractivity (Wildman–Crippen MR) is 86.7 cm³/mol. The number of ether oxygens (including phenoxy) is 1. The molecule has 1 saturated heterocycles. The molecule has 1 atom stereocenters. The molecule has 2 N–H and O–H groups in total. The number of nitrogen functional groups attached to an aromatic ring is 1. The van der Waals surface area contributed by atoms with Crippen molar-refractivity contribution in [2.24, 2.45) is 0 Å². The molecule has 2 rings (SSSR count). The number of sulfonamides is 1. The average molecular weight is 377 g/mol. The lowest BCUT2D eigenvalue weighted by molar-refractivity contribution is -0.109. The van der Waals surface area contributed by atoms with Gasteiger partial charge in [-0.2, -0.15) is 4.31 Å². The molecule has 1 unspecified atom stereocenters. The number of morpholine rings is 1. The molecule has 1 aromatic rings. The molecule has 1 heterocycles. The Labute approximate surface area is 134 Å². The van der Waals surface area contributed by atoms with Gasteiger partial charge in [-0.25, -0.2) is 8.42 Å². The molecule has 0 spiro atoms. The lowest BCUT2D eigenvalue weighted by Crippen LogP contribution is -2.53. The van der Waals surface area contributed by atoms with Crippen LogP contribution in [0.3, 0.4) is 0 Å². The molecule has 5 nitrogen and oxygen atoms in total. The van der Waals surface area contributed by atoms with Gasteiger partial charge in [0.05, 0.1) is 16.6 Å². The molecule has 0 bridgehead atoms. The third-order valence-electron chi connectivity index (χ3n) is 3.45. The van der Waals surface area contributed by atoms with E-state index in [0.717, 1.165) is 0 Å². The van der Waals surface area contributed by atoms with E-state index in [1.807, 2.05) is 20.8 Å². The molecule has 0 amide bonds. The van der Waals surface area contributed by atoms with Crippen LogP contribution in [0.25, 0.3) is 0 Å². The second-order valence-electron chi connectivity index (χ2n) is 6.12. The van der Waals surface area contributed by atoms with Crippen molar-refractivity contribution in [3.05, 3.63) is 22.2 Å². The van der Waals surface area contributed by atoms with E-state index in [0.29, 0.717) is 28.8 Å². The number of nitrogens with two attached hydrogens (primary N) is 1. The van der Waals surface area contributed by atoms with Gasteiger partial charge >= 0.3 is 0 Å². The zero-order chi connectivity index (χ0) is 16.0. The van der Waals surface area contributed by atoms with Crippen LogP contribution in [0.15, 0.2) is 21.5 Å². The van der Waals surface area contributed by atoms with Gasteiger partial charge in [0.15, 0.2) is 0 Å². The van der Waals surface area contributed by atoms with Gasteiger partial charge in [-0.05, 0) is 61.3 Å². The monoisotopic (exact) mass is 376 g/mol. The van der Waals surface area contributed by atoms with E-state index in [-0.39, 0.29) is 11.0 Å². The van der Waals surface area contributed by atoms with E-state index in [2.05, 4.69) is 15.9 Å². The average Bonchev–Trinajstić information content (AvgIpc) is 2.31. The Kier molecular flexibility index (Phi) is 4.41. The van der Waals surface area contributed by atoms with Crippen molar-refractivity contribution in [1.82, 2.24) is 4.31 Å². The van der Waals surface area contributed by atoms with E-state index in [4.69, 9.17) is 10.5 Å². The summed E-state index contributed by atoms with van der Waals surface area (Å²) >= 11 is 3.32. The number of benzene rings is 1. The summed E-state index contributed by atoms with van der Waals surface area (Å²) in [6.07, 6.45) is -0.142. The van der Waals surface area contributed by atoms with Crippen LogP contribution in [0, 0.1) is 6.92 Å². The van der Waals surface area contributed by atoms with E-state index in [1.54, 1.807) is 13.0 Å². The van der Waals surface area contributed by atoms with Crippen LogP contribution in [0.1, 0.15) is 26.3 Å². The lowest BCUT2D eigenvalue weighted by Gasteiger charge is -2.41. The normalized spacial score (nSPS) is 23.2. The van der Waals surface area contributed by atoms with Gasteiger partial charge in [-0.15, -0.1) is 0 Å². The van der Waals surface area contributed by atoms with Gasteiger partial charge in [0.25, 0.3) is 0 Å². The third-order valence-corrected chi connectivity index (χ3v) is 6.09. The minimum absolute atomic E-state index is 0.142. The minimum atomic E-state index is -3.58. The highest BCUT2D eigenvalue weighted by atomic mass is 79.9. The Bertz CT molecular complexity index is 658. The molecule has 0 radical (unpaired) electrons. The van der Waals surface area contributed by atoms with Crippen molar-refractivity contribution in [1.29, 1.82) is 0 Å². The first-order chi connectivity index (χ1) is 9.53. The predicted octanol–water partition coefficient (Wildman–Crippen LogP) is 2.53. The number of hydrogen-bond donors (Lipinski definition) is 1. The van der Waals surface area contributed by atoms with Crippen molar-refractivity contribution in [2.45, 2.75) is 44.3 Å². The molecule has 1 aliphatic heterocycles. The van der Waals surface area contributed by atoms with Crippen LogP contribution < -0.4 is 5.73 Å². The zero-order valence-electron chi connectivity index (χ0n) is 12.7. The van der Waals surface area contributed by atoms with Crippen LogP contribution in [-0.2, 0) is 14.8 Å². The number of aryl methyl sites for hydroxylation is 1. The zero-order valence-corrected chi connectivity index (χ0v) is 15.1. The summed E-state index contributed by atoms with van der Waals surface area (Å²) in [6, 6.07) is 3.25. The van der Waals surface area contributed by atoms with Crippen LogP contribution in [-0.4, -0.2) is 37.5 Å². The van der Waals surface area contributed by atoms with E-state index in [1.165, 1.54) is 10.4 Å². The van der Waals surface area contributed by atoms with E-state index in [9.17, 15) is 8.42 Å². The largest absolute Gasteiger partial charge is 0.398 e. The quantitative estimate of drug-likeness (QED) is 0.804. The van der Waals surface area contributed by atoms with E-state index < -0.39 is 15.6 Å². The Morgan fingerprint density at radius 1 is 1.43 bits per heavy atom. The molecule has 1 aromatic carbocycles. The highest BCUT2D eigenvalue weighted by molar-refractivity contribution is 9.10. The molecule has 1 fully saturated rings. The number of nitrogens with zero attached hydrogens (tertiary/aromatic N) is 1. The maximum absolute atomic E-state index is 12.9. The molecule has 1 aliphatic rings.